The number of methoxy groups -OCH3 is 1. The van der Waals surface area contributed by atoms with E-state index >= 15 is 0 Å². The molecule has 2 aromatic heterocycles. The Labute approximate surface area is 219 Å². The van der Waals surface area contributed by atoms with Crippen LogP contribution in [0.3, 0.4) is 0 Å². The lowest BCUT2D eigenvalue weighted by Crippen LogP contribution is -2.37. The molecule has 5 rings (SSSR count). The number of rotatable bonds is 7. The average Bonchev–Trinajstić information content (AvgIpc) is 3.33. The van der Waals surface area contributed by atoms with Crippen molar-refractivity contribution in [2.75, 3.05) is 32.6 Å². The number of imidazole rings is 1. The number of primary amides is 1. The maximum Gasteiger partial charge on any atom is 0.255 e. The number of anilines is 1. The number of hydrogen-bond donors (Lipinski definition) is 2. The monoisotopic (exact) mass is 521 g/mol. The minimum Gasteiger partial charge on any atom is -0.383 e. The van der Waals surface area contributed by atoms with Gasteiger partial charge in [-0.15, -0.1) is 0 Å². The Morgan fingerprint density at radius 3 is 2.76 bits per heavy atom. The van der Waals surface area contributed by atoms with Gasteiger partial charge < -0.3 is 25.3 Å². The third-order valence-corrected chi connectivity index (χ3v) is 7.18. The molecule has 1 aliphatic heterocycles. The molecule has 2 amide bonds. The van der Waals surface area contributed by atoms with Crippen molar-refractivity contribution in [2.24, 2.45) is 5.73 Å². The molecular weight excluding hydrogens is 494 g/mol. The fraction of sp³-hybridized carbons (Fsp3) is 0.385. The van der Waals surface area contributed by atoms with Gasteiger partial charge in [-0.3, -0.25) is 9.59 Å². The quantitative estimate of drug-likeness (QED) is 0.364. The molecule has 1 saturated heterocycles. The zero-order chi connectivity index (χ0) is 26.3. The number of likely N-dealkylation sites (tertiary alicyclic amines) is 1. The van der Waals surface area contributed by atoms with Crippen LogP contribution in [0.4, 0.5) is 5.82 Å². The molecule has 10 nitrogen and oxygen atoms in total. The molecule has 0 radical (unpaired) electrons. The van der Waals surface area contributed by atoms with Crippen molar-refractivity contribution < 1.29 is 14.3 Å². The first-order chi connectivity index (χ1) is 17.9. The summed E-state index contributed by atoms with van der Waals surface area (Å²) in [5.74, 6) is 5.64. The minimum absolute atomic E-state index is 0.151. The van der Waals surface area contributed by atoms with Gasteiger partial charge in [0.15, 0.2) is 5.69 Å². The van der Waals surface area contributed by atoms with Crippen molar-refractivity contribution in [3.63, 3.8) is 0 Å². The van der Waals surface area contributed by atoms with Crippen LogP contribution < -0.4 is 11.1 Å². The van der Waals surface area contributed by atoms with E-state index in [1.54, 1.807) is 23.7 Å². The van der Waals surface area contributed by atoms with Gasteiger partial charge in [-0.1, -0.05) is 24.1 Å². The number of nitrogens with one attached hydrogen (secondary N) is 1. The zero-order valence-electron chi connectivity index (χ0n) is 20.7. The van der Waals surface area contributed by atoms with Crippen LogP contribution in [-0.2, 0) is 9.53 Å². The van der Waals surface area contributed by atoms with Crippen LogP contribution in [0.5, 0.6) is 0 Å². The zero-order valence-corrected chi connectivity index (χ0v) is 21.5. The summed E-state index contributed by atoms with van der Waals surface area (Å²) in [6, 6.07) is 3.83. The van der Waals surface area contributed by atoms with E-state index in [-0.39, 0.29) is 29.2 Å². The van der Waals surface area contributed by atoms with Crippen LogP contribution in [-0.4, -0.2) is 69.4 Å². The molecule has 2 aliphatic rings. The van der Waals surface area contributed by atoms with E-state index in [0.717, 1.165) is 23.9 Å². The molecule has 37 heavy (non-hydrogen) atoms. The molecule has 3 aromatic rings. The molecular formula is C26H28ClN7O3. The van der Waals surface area contributed by atoms with Crippen molar-refractivity contribution in [3.8, 4) is 11.8 Å². The van der Waals surface area contributed by atoms with Crippen LogP contribution in [0, 0.1) is 11.8 Å². The van der Waals surface area contributed by atoms with E-state index < -0.39 is 5.91 Å². The van der Waals surface area contributed by atoms with Crippen molar-refractivity contribution in [2.45, 2.75) is 37.4 Å². The predicted molar refractivity (Wildman–Crippen MR) is 141 cm³/mol. The molecule has 0 unspecified atom stereocenters. The summed E-state index contributed by atoms with van der Waals surface area (Å²) < 4.78 is 9.14. The van der Waals surface area contributed by atoms with Gasteiger partial charge in [-0.25, -0.2) is 9.67 Å². The third kappa shape index (κ3) is 4.56. The Balaban J connectivity index is 1.52. The third-order valence-electron chi connectivity index (χ3n) is 6.87. The molecule has 3 N–H and O–H groups in total. The number of aromatic nitrogens is 4. The maximum atomic E-state index is 12.5. The highest BCUT2D eigenvalue weighted by molar-refractivity contribution is 6.32. The fourth-order valence-electron chi connectivity index (χ4n) is 4.98. The average molecular weight is 522 g/mol. The second-order valence-electron chi connectivity index (χ2n) is 9.28. The number of carbonyl (C=O) groups is 2. The number of nitrogens with zero attached hydrogens (tertiary/aromatic N) is 5. The smallest absolute Gasteiger partial charge is 0.255 e. The van der Waals surface area contributed by atoms with Gasteiger partial charge in [0, 0.05) is 32.3 Å². The van der Waals surface area contributed by atoms with E-state index in [4.69, 9.17) is 22.1 Å². The molecule has 0 bridgehead atoms. The number of amides is 2. The highest BCUT2D eigenvalue weighted by atomic mass is 35.5. The summed E-state index contributed by atoms with van der Waals surface area (Å²) in [4.78, 5) is 31.1. The van der Waals surface area contributed by atoms with Crippen LogP contribution in [0.15, 0.2) is 31.1 Å². The lowest BCUT2D eigenvalue weighted by molar-refractivity contribution is -0.127. The second-order valence-corrected chi connectivity index (χ2v) is 9.69. The molecule has 1 aromatic carbocycles. The SMILES string of the molecule is C=CC(=O)N1C[C@@H](n2nc(C#Cc3cc4ncn(C5CC5)c4cc3Cl)c(C(N)=O)c2NC)C[C@@H]1COC. The highest BCUT2D eigenvalue weighted by Gasteiger charge is 2.37. The number of benzene rings is 1. The summed E-state index contributed by atoms with van der Waals surface area (Å²) >= 11 is 6.57. The molecule has 192 valence electrons. The topological polar surface area (TPSA) is 120 Å². The molecule has 1 aliphatic carbocycles. The van der Waals surface area contributed by atoms with E-state index in [1.165, 1.54) is 6.08 Å². The Morgan fingerprint density at radius 1 is 1.32 bits per heavy atom. The normalized spacial score (nSPS) is 19.1. The second kappa shape index (κ2) is 9.92. The van der Waals surface area contributed by atoms with Gasteiger partial charge in [0.05, 0.1) is 41.1 Å². The number of ether oxygens (including phenoxy) is 1. The van der Waals surface area contributed by atoms with Crippen molar-refractivity contribution in [1.82, 2.24) is 24.2 Å². The summed E-state index contributed by atoms with van der Waals surface area (Å²) in [5, 5.41) is 8.19. The van der Waals surface area contributed by atoms with Crippen LogP contribution in [0.25, 0.3) is 11.0 Å². The number of halogens is 1. The van der Waals surface area contributed by atoms with E-state index in [2.05, 4.69) is 38.4 Å². The lowest BCUT2D eigenvalue weighted by Gasteiger charge is -2.22. The Kier molecular flexibility index (Phi) is 6.67. The summed E-state index contributed by atoms with van der Waals surface area (Å²) in [6.07, 6.45) is 5.99. The lowest BCUT2D eigenvalue weighted by atomic mass is 10.1. The van der Waals surface area contributed by atoms with E-state index in [0.29, 0.717) is 42.0 Å². The van der Waals surface area contributed by atoms with E-state index in [9.17, 15) is 9.59 Å². The van der Waals surface area contributed by atoms with E-state index in [1.807, 2.05) is 18.5 Å². The summed E-state index contributed by atoms with van der Waals surface area (Å²) in [5.41, 5.74) is 8.52. The Hall–Kier alpha value is -3.81. The van der Waals surface area contributed by atoms with Crippen LogP contribution in [0.2, 0.25) is 5.02 Å². The largest absolute Gasteiger partial charge is 0.383 e. The Morgan fingerprint density at radius 2 is 2.11 bits per heavy atom. The van der Waals surface area contributed by atoms with Crippen LogP contribution in [0.1, 0.15) is 53.0 Å². The number of fused-ring (bicyclic) bond motifs is 1. The summed E-state index contributed by atoms with van der Waals surface area (Å²) in [6.45, 7) is 4.36. The molecule has 0 spiro atoms. The number of nitrogens with two attached hydrogens (primary N) is 1. The van der Waals surface area contributed by atoms with Gasteiger partial charge in [0.1, 0.15) is 11.4 Å². The van der Waals surface area contributed by atoms with Crippen molar-refractivity contribution in [3.05, 3.63) is 53.0 Å². The first kappa shape index (κ1) is 24.9. The van der Waals surface area contributed by atoms with Crippen LogP contribution >= 0.6 is 11.6 Å². The van der Waals surface area contributed by atoms with Crippen molar-refractivity contribution >= 4 is 40.3 Å². The first-order valence-corrected chi connectivity index (χ1v) is 12.4. The number of carbonyl (C=O) groups excluding carboxylic acids is 2. The van der Waals surface area contributed by atoms with Gasteiger partial charge in [-0.2, -0.15) is 5.10 Å². The van der Waals surface area contributed by atoms with Gasteiger partial charge in [-0.05, 0) is 43.4 Å². The van der Waals surface area contributed by atoms with Crippen molar-refractivity contribution in [1.29, 1.82) is 0 Å². The highest BCUT2D eigenvalue weighted by Crippen LogP contribution is 2.38. The minimum atomic E-state index is -0.657. The molecule has 1 saturated carbocycles. The van der Waals surface area contributed by atoms with Gasteiger partial charge in [0.25, 0.3) is 5.91 Å². The molecule has 3 heterocycles. The Bertz CT molecular complexity index is 1460. The predicted octanol–water partition coefficient (Wildman–Crippen LogP) is 2.74. The van der Waals surface area contributed by atoms with Gasteiger partial charge in [0.2, 0.25) is 5.91 Å². The first-order valence-electron chi connectivity index (χ1n) is 12.1. The molecule has 2 fully saturated rings. The van der Waals surface area contributed by atoms with Gasteiger partial charge >= 0.3 is 0 Å². The summed E-state index contributed by atoms with van der Waals surface area (Å²) in [7, 11) is 3.28. The standard InChI is InChI=1S/C26H28ClN7O3/c1-4-23(35)32-12-17(10-18(32)13-37-3)34-26(29-2)24(25(28)36)20(31-34)8-5-15-9-21-22(11-19(15)27)33(14-30-21)16-6-7-16/h4,9,11,14,16-18,29H,1,6-7,10,12-13H2,2-3H3,(H2,28,36)/t17-,18+/m0/s1. The number of hydrogen-bond acceptors (Lipinski definition) is 6. The molecule has 11 heteroatoms. The molecule has 2 atom stereocenters. The fourth-order valence-corrected chi connectivity index (χ4v) is 5.19. The maximum absolute atomic E-state index is 12.5.